The second-order valence-electron chi connectivity index (χ2n) is 6.18. The van der Waals surface area contributed by atoms with Gasteiger partial charge < -0.3 is 29.4 Å². The smallest absolute Gasteiger partial charge is 0.380 e. The van der Waals surface area contributed by atoms with Crippen molar-refractivity contribution in [3.8, 4) is 11.5 Å². The molecule has 2 N–H and O–H groups in total. The van der Waals surface area contributed by atoms with Crippen molar-refractivity contribution in [3.63, 3.8) is 0 Å². The number of nitrogens with one attached hydrogen (secondary N) is 1. The predicted molar refractivity (Wildman–Crippen MR) is 94.3 cm³/mol. The van der Waals surface area contributed by atoms with Crippen LogP contribution < -0.4 is 14.8 Å². The maximum absolute atomic E-state index is 12.8. The summed E-state index contributed by atoms with van der Waals surface area (Å²) < 4.78 is 20.7. The molecule has 9 nitrogen and oxygen atoms in total. The average Bonchev–Trinajstić information content (AvgIpc) is 2.67. The Morgan fingerprint density at radius 3 is 2.61 bits per heavy atom. The van der Waals surface area contributed by atoms with Crippen molar-refractivity contribution in [1.29, 1.82) is 0 Å². The molecule has 0 aliphatic carbocycles. The van der Waals surface area contributed by atoms with Crippen molar-refractivity contribution in [2.75, 3.05) is 20.3 Å². The fraction of sp³-hybridized carbons (Fsp3) is 0.421. The Bertz CT molecular complexity index is 848. The normalized spacial score (nSPS) is 25.3. The molecule has 28 heavy (non-hydrogen) atoms. The van der Waals surface area contributed by atoms with E-state index in [4.69, 9.17) is 18.9 Å². The number of carbonyl (C=O) groups excluding carboxylic acids is 3. The van der Waals surface area contributed by atoms with Gasteiger partial charge in [0.05, 0.1) is 26.4 Å². The zero-order valence-corrected chi connectivity index (χ0v) is 15.7. The van der Waals surface area contributed by atoms with E-state index in [0.717, 1.165) is 6.08 Å². The quantitative estimate of drug-likeness (QED) is 0.696. The maximum Gasteiger partial charge on any atom is 0.380 e. The van der Waals surface area contributed by atoms with Crippen LogP contribution in [0.15, 0.2) is 30.0 Å². The largest absolute Gasteiger partial charge is 0.493 e. The molecule has 0 bridgehead atoms. The van der Waals surface area contributed by atoms with Crippen LogP contribution in [0.4, 0.5) is 0 Å². The van der Waals surface area contributed by atoms with Crippen molar-refractivity contribution in [3.05, 3.63) is 35.5 Å². The van der Waals surface area contributed by atoms with Crippen molar-refractivity contribution < 1.29 is 38.4 Å². The molecule has 0 amide bonds. The highest BCUT2D eigenvalue weighted by Crippen LogP contribution is 2.49. The van der Waals surface area contributed by atoms with E-state index in [1.54, 1.807) is 32.0 Å². The van der Waals surface area contributed by atoms with Crippen LogP contribution in [0.25, 0.3) is 0 Å². The third kappa shape index (κ3) is 3.07. The molecule has 3 rings (SSSR count). The van der Waals surface area contributed by atoms with Gasteiger partial charge >= 0.3 is 17.7 Å². The lowest BCUT2D eigenvalue weighted by Gasteiger charge is -2.44. The summed E-state index contributed by atoms with van der Waals surface area (Å²) in [6.45, 7) is 3.31. The summed E-state index contributed by atoms with van der Waals surface area (Å²) in [5.41, 5.74) is 0.372. The summed E-state index contributed by atoms with van der Waals surface area (Å²) in [4.78, 5) is 37.5. The van der Waals surface area contributed by atoms with Gasteiger partial charge in [0, 0.05) is 11.6 Å². The van der Waals surface area contributed by atoms with E-state index in [0.29, 0.717) is 5.56 Å². The molecule has 2 aliphatic rings. The van der Waals surface area contributed by atoms with E-state index in [-0.39, 0.29) is 30.4 Å². The van der Waals surface area contributed by atoms with Gasteiger partial charge in [-0.3, -0.25) is 4.79 Å². The Kier molecular flexibility index (Phi) is 5.28. The molecule has 0 saturated carbocycles. The number of ether oxygens (including phenoxy) is 4. The van der Waals surface area contributed by atoms with Crippen molar-refractivity contribution in [1.82, 2.24) is 5.32 Å². The van der Waals surface area contributed by atoms with Crippen molar-refractivity contribution in [2.45, 2.75) is 25.7 Å². The first-order valence-electron chi connectivity index (χ1n) is 8.82. The molecule has 1 aromatic carbocycles. The standard InChI is InChI=1S/C19H21NO8/c1-4-26-17(22)11-9-12(21)14-15(20-11)10-7-6-8-13(25-3)16(10)28-19(14,24)18(23)27-5-2/h6-9,14-15,20,24H,4-5H2,1-3H3. The third-order valence-electron chi connectivity index (χ3n) is 4.54. The van der Waals surface area contributed by atoms with Gasteiger partial charge in [-0.15, -0.1) is 0 Å². The van der Waals surface area contributed by atoms with Gasteiger partial charge in [-0.1, -0.05) is 12.1 Å². The van der Waals surface area contributed by atoms with Crippen LogP contribution in [0, 0.1) is 5.92 Å². The molecule has 0 radical (unpaired) electrons. The molecule has 9 heteroatoms. The lowest BCUT2D eigenvalue weighted by Crippen LogP contribution is -2.62. The number of benzene rings is 1. The molecule has 0 fully saturated rings. The molecule has 3 unspecified atom stereocenters. The summed E-state index contributed by atoms with van der Waals surface area (Å²) in [7, 11) is 1.40. The summed E-state index contributed by atoms with van der Waals surface area (Å²) in [6, 6.07) is 3.96. The molecule has 2 heterocycles. The fourth-order valence-electron chi connectivity index (χ4n) is 3.36. The van der Waals surface area contributed by atoms with Gasteiger partial charge in [0.2, 0.25) is 0 Å². The number of para-hydroxylation sites is 1. The zero-order valence-electron chi connectivity index (χ0n) is 15.7. The molecule has 2 aliphatic heterocycles. The Morgan fingerprint density at radius 1 is 1.25 bits per heavy atom. The lowest BCUT2D eigenvalue weighted by molar-refractivity contribution is -0.223. The average molecular weight is 391 g/mol. The van der Waals surface area contributed by atoms with Crippen molar-refractivity contribution >= 4 is 17.7 Å². The van der Waals surface area contributed by atoms with Gasteiger partial charge in [-0.05, 0) is 19.9 Å². The van der Waals surface area contributed by atoms with Crippen LogP contribution in [-0.2, 0) is 23.9 Å². The van der Waals surface area contributed by atoms with Gasteiger partial charge in [-0.2, -0.15) is 0 Å². The monoisotopic (exact) mass is 391 g/mol. The Hall–Kier alpha value is -3.07. The number of esters is 2. The van der Waals surface area contributed by atoms with E-state index in [9.17, 15) is 19.5 Å². The minimum atomic E-state index is -2.59. The molecule has 1 aromatic rings. The number of aliphatic hydroxyl groups is 1. The van der Waals surface area contributed by atoms with Gasteiger partial charge in [0.1, 0.15) is 11.6 Å². The van der Waals surface area contributed by atoms with Crippen molar-refractivity contribution in [2.24, 2.45) is 5.92 Å². The first-order chi connectivity index (χ1) is 13.4. The second kappa shape index (κ2) is 7.51. The first-order valence-corrected chi connectivity index (χ1v) is 8.82. The summed E-state index contributed by atoms with van der Waals surface area (Å²) in [5.74, 6) is -6.13. The minimum absolute atomic E-state index is 0.0216. The zero-order chi connectivity index (χ0) is 20.5. The van der Waals surface area contributed by atoms with Gasteiger partial charge in [0.15, 0.2) is 17.3 Å². The molecule has 0 saturated heterocycles. The van der Waals surface area contributed by atoms with Crippen LogP contribution in [0.1, 0.15) is 25.5 Å². The minimum Gasteiger partial charge on any atom is -0.493 e. The van der Waals surface area contributed by atoms with Gasteiger partial charge in [-0.25, -0.2) is 9.59 Å². The molecule has 150 valence electrons. The molecule has 0 aromatic heterocycles. The number of hydrogen-bond acceptors (Lipinski definition) is 9. The van der Waals surface area contributed by atoms with E-state index >= 15 is 0 Å². The number of methoxy groups -OCH3 is 1. The lowest BCUT2D eigenvalue weighted by atomic mass is 9.77. The second-order valence-corrected chi connectivity index (χ2v) is 6.18. The Morgan fingerprint density at radius 2 is 1.96 bits per heavy atom. The number of hydrogen-bond donors (Lipinski definition) is 2. The predicted octanol–water partition coefficient (Wildman–Crippen LogP) is 0.616. The van der Waals surface area contributed by atoms with E-state index in [1.165, 1.54) is 7.11 Å². The Labute approximate surface area is 161 Å². The summed E-state index contributed by atoms with van der Waals surface area (Å²) in [6.07, 6.45) is 0.998. The third-order valence-corrected chi connectivity index (χ3v) is 4.54. The fourth-order valence-corrected chi connectivity index (χ4v) is 3.36. The summed E-state index contributed by atoms with van der Waals surface area (Å²) >= 11 is 0. The topological polar surface area (TPSA) is 120 Å². The first kappa shape index (κ1) is 19.7. The van der Waals surface area contributed by atoms with Crippen LogP contribution in [0.5, 0.6) is 11.5 Å². The number of ketones is 1. The highest BCUT2D eigenvalue weighted by atomic mass is 16.7. The molecule has 0 spiro atoms. The summed E-state index contributed by atoms with van der Waals surface area (Å²) in [5, 5.41) is 14.0. The van der Waals surface area contributed by atoms with Gasteiger partial charge in [0.25, 0.3) is 0 Å². The molecule has 3 atom stereocenters. The highest BCUT2D eigenvalue weighted by Gasteiger charge is 2.60. The number of fused-ring (bicyclic) bond motifs is 3. The Balaban J connectivity index is 2.15. The SMILES string of the molecule is CCOC(=O)C1=CC(=O)C2C(N1)c1cccc(OC)c1OC2(O)C(=O)OCC. The van der Waals surface area contributed by atoms with E-state index in [1.807, 2.05) is 0 Å². The van der Waals surface area contributed by atoms with Crippen LogP contribution in [0.2, 0.25) is 0 Å². The van der Waals surface area contributed by atoms with Crippen LogP contribution in [0.3, 0.4) is 0 Å². The number of rotatable bonds is 5. The molecular weight excluding hydrogens is 370 g/mol. The van der Waals surface area contributed by atoms with E-state index < -0.39 is 35.5 Å². The van der Waals surface area contributed by atoms with E-state index in [2.05, 4.69) is 5.32 Å². The number of carbonyl (C=O) groups is 3. The van der Waals surface area contributed by atoms with Crippen LogP contribution in [-0.4, -0.2) is 48.9 Å². The number of allylic oxidation sites excluding steroid dienone is 1. The molecular formula is C19H21NO8. The maximum atomic E-state index is 12.8. The highest BCUT2D eigenvalue weighted by molar-refractivity contribution is 6.04. The van der Waals surface area contributed by atoms with Crippen LogP contribution >= 0.6 is 0 Å².